The molecular weight excluding hydrogens is 402 g/mol. The molecule has 3 aromatic carbocycles. The summed E-state index contributed by atoms with van der Waals surface area (Å²) in [5.41, 5.74) is 3.01. The lowest BCUT2D eigenvalue weighted by Crippen LogP contribution is -2.27. The zero-order chi connectivity index (χ0) is 20.3. The summed E-state index contributed by atoms with van der Waals surface area (Å²) in [5.74, 6) is 0. The van der Waals surface area contributed by atoms with E-state index in [4.69, 9.17) is 4.98 Å². The van der Waals surface area contributed by atoms with Gasteiger partial charge in [0.25, 0.3) is 0 Å². The van der Waals surface area contributed by atoms with Crippen molar-refractivity contribution >= 4 is 32.8 Å². The van der Waals surface area contributed by atoms with Crippen LogP contribution in [0.3, 0.4) is 0 Å². The summed E-state index contributed by atoms with van der Waals surface area (Å²) in [7, 11) is -1.60. The molecule has 0 radical (unpaired) electrons. The third-order valence-corrected chi connectivity index (χ3v) is 7.42. The van der Waals surface area contributed by atoms with Crippen LogP contribution in [0.4, 0.5) is 0 Å². The molecule has 0 aliphatic carbocycles. The van der Waals surface area contributed by atoms with Crippen LogP contribution < -0.4 is 4.72 Å². The number of benzene rings is 3. The number of hydrogen-bond acceptors (Lipinski definition) is 4. The number of para-hydroxylation sites is 2. The predicted octanol–water partition coefficient (Wildman–Crippen LogP) is 4.39. The fourth-order valence-corrected chi connectivity index (χ4v) is 5.42. The molecule has 1 N–H and O–H groups in total. The van der Waals surface area contributed by atoms with Crippen LogP contribution in [0, 0.1) is 0 Å². The largest absolute Gasteiger partial charge is 0.322 e. The minimum Gasteiger partial charge on any atom is -0.322 e. The van der Waals surface area contributed by atoms with Gasteiger partial charge in [-0.15, -0.1) is 0 Å². The van der Waals surface area contributed by atoms with E-state index in [-0.39, 0.29) is 16.7 Å². The van der Waals surface area contributed by atoms with Crippen LogP contribution in [0.5, 0.6) is 0 Å². The Morgan fingerprint density at radius 3 is 2.24 bits per heavy atom. The summed E-state index contributed by atoms with van der Waals surface area (Å²) in [6, 6.07) is 26.3. The van der Waals surface area contributed by atoms with Crippen molar-refractivity contribution in [1.29, 1.82) is 0 Å². The van der Waals surface area contributed by atoms with Gasteiger partial charge in [0.2, 0.25) is 10.0 Å². The molecule has 0 saturated heterocycles. The average molecular weight is 424 g/mol. The molecule has 7 heteroatoms. The van der Waals surface area contributed by atoms with Gasteiger partial charge in [-0.1, -0.05) is 72.4 Å². The van der Waals surface area contributed by atoms with E-state index < -0.39 is 10.0 Å². The molecule has 0 saturated carbocycles. The SMILES string of the molecule is Cn1c(S[C@H](CNS(=O)(=O)c2ccccc2)c2ccccc2)nc2ccccc21. The molecule has 0 spiro atoms. The fourth-order valence-electron chi connectivity index (χ4n) is 3.12. The third kappa shape index (κ3) is 4.37. The Hall–Kier alpha value is -2.61. The van der Waals surface area contributed by atoms with E-state index in [1.165, 1.54) is 0 Å². The molecule has 0 unspecified atom stereocenters. The van der Waals surface area contributed by atoms with Crippen LogP contribution in [-0.4, -0.2) is 24.5 Å². The first-order valence-corrected chi connectivity index (χ1v) is 11.6. The molecular formula is C22H21N3O2S2. The lowest BCUT2D eigenvalue weighted by molar-refractivity contribution is 0.581. The number of sulfonamides is 1. The van der Waals surface area contributed by atoms with Gasteiger partial charge in [-0.25, -0.2) is 18.1 Å². The van der Waals surface area contributed by atoms with Gasteiger partial charge in [-0.05, 0) is 29.8 Å². The Kier molecular flexibility index (Phi) is 5.71. The van der Waals surface area contributed by atoms with Gasteiger partial charge in [-0.3, -0.25) is 0 Å². The van der Waals surface area contributed by atoms with Crippen LogP contribution in [0.1, 0.15) is 10.8 Å². The minimum absolute atomic E-state index is 0.120. The zero-order valence-corrected chi connectivity index (χ0v) is 17.5. The number of rotatable bonds is 7. The minimum atomic E-state index is -3.58. The smallest absolute Gasteiger partial charge is 0.240 e. The van der Waals surface area contributed by atoms with Crippen LogP contribution in [0.2, 0.25) is 0 Å². The molecule has 5 nitrogen and oxygen atoms in total. The molecule has 0 amide bonds. The maximum Gasteiger partial charge on any atom is 0.240 e. The molecule has 1 atom stereocenters. The van der Waals surface area contributed by atoms with Crippen LogP contribution in [0.15, 0.2) is 95.0 Å². The molecule has 29 heavy (non-hydrogen) atoms. The summed E-state index contributed by atoms with van der Waals surface area (Å²) in [5, 5.41) is 0.726. The number of nitrogens with one attached hydrogen (secondary N) is 1. The number of fused-ring (bicyclic) bond motifs is 1. The first kappa shape index (κ1) is 19.7. The molecule has 4 rings (SSSR count). The maximum atomic E-state index is 12.7. The van der Waals surface area contributed by atoms with Gasteiger partial charge in [0, 0.05) is 13.6 Å². The second-order valence-corrected chi connectivity index (χ2v) is 9.56. The van der Waals surface area contributed by atoms with Crippen molar-refractivity contribution in [2.75, 3.05) is 6.54 Å². The highest BCUT2D eigenvalue weighted by molar-refractivity contribution is 7.99. The fraction of sp³-hybridized carbons (Fsp3) is 0.136. The number of aryl methyl sites for hydroxylation is 1. The van der Waals surface area contributed by atoms with E-state index in [9.17, 15) is 8.42 Å². The number of aromatic nitrogens is 2. The normalized spacial score (nSPS) is 12.9. The van der Waals surface area contributed by atoms with Crippen molar-refractivity contribution in [2.45, 2.75) is 15.3 Å². The Morgan fingerprint density at radius 2 is 1.55 bits per heavy atom. The third-order valence-electron chi connectivity index (χ3n) is 4.68. The lowest BCUT2D eigenvalue weighted by Gasteiger charge is -2.17. The predicted molar refractivity (Wildman–Crippen MR) is 117 cm³/mol. The Bertz CT molecular complexity index is 1210. The quantitative estimate of drug-likeness (QED) is 0.448. The maximum absolute atomic E-state index is 12.7. The van der Waals surface area contributed by atoms with Gasteiger partial charge >= 0.3 is 0 Å². The van der Waals surface area contributed by atoms with Crippen LogP contribution in [-0.2, 0) is 17.1 Å². The summed E-state index contributed by atoms with van der Waals surface area (Å²) >= 11 is 1.55. The lowest BCUT2D eigenvalue weighted by atomic mass is 10.1. The van der Waals surface area contributed by atoms with Crippen molar-refractivity contribution in [2.24, 2.45) is 7.05 Å². The summed E-state index contributed by atoms with van der Waals surface area (Å²) < 4.78 is 30.2. The second-order valence-electron chi connectivity index (χ2n) is 6.62. The highest BCUT2D eigenvalue weighted by Gasteiger charge is 2.21. The van der Waals surface area contributed by atoms with Crippen molar-refractivity contribution in [3.8, 4) is 0 Å². The van der Waals surface area contributed by atoms with Crippen molar-refractivity contribution < 1.29 is 8.42 Å². The Balaban J connectivity index is 1.61. The van der Waals surface area contributed by atoms with Crippen LogP contribution in [0.25, 0.3) is 11.0 Å². The molecule has 0 aliphatic heterocycles. The van der Waals surface area contributed by atoms with Crippen molar-refractivity contribution in [1.82, 2.24) is 14.3 Å². The zero-order valence-electron chi connectivity index (χ0n) is 15.9. The van der Waals surface area contributed by atoms with Crippen LogP contribution >= 0.6 is 11.8 Å². The standard InChI is InChI=1S/C22H21N3O2S2/c1-25-20-15-9-8-14-19(20)24-22(25)28-21(17-10-4-2-5-11-17)16-23-29(26,27)18-12-6-3-7-13-18/h2-15,21,23H,16H2,1H3/t21-/m1/s1. The number of thioether (sulfide) groups is 1. The van der Waals surface area contributed by atoms with E-state index in [1.807, 2.05) is 66.2 Å². The number of imidazole rings is 1. The first-order chi connectivity index (χ1) is 14.0. The molecule has 148 valence electrons. The Labute approximate surface area is 174 Å². The monoisotopic (exact) mass is 423 g/mol. The first-order valence-electron chi connectivity index (χ1n) is 9.22. The van der Waals surface area contributed by atoms with E-state index in [2.05, 4.69) is 4.72 Å². The summed E-state index contributed by atoms with van der Waals surface area (Å²) in [6.07, 6.45) is 0. The Morgan fingerprint density at radius 1 is 0.931 bits per heavy atom. The van der Waals surface area contributed by atoms with E-state index >= 15 is 0 Å². The number of hydrogen-bond donors (Lipinski definition) is 1. The van der Waals surface area contributed by atoms with E-state index in [0.29, 0.717) is 0 Å². The van der Waals surface area contributed by atoms with Gasteiger partial charge < -0.3 is 4.57 Å². The molecule has 1 aromatic heterocycles. The molecule has 0 fully saturated rings. The highest BCUT2D eigenvalue weighted by atomic mass is 32.2. The summed E-state index contributed by atoms with van der Waals surface area (Å²) in [4.78, 5) is 4.99. The molecule has 0 aliphatic rings. The van der Waals surface area contributed by atoms with E-state index in [1.54, 1.807) is 42.1 Å². The van der Waals surface area contributed by atoms with Gasteiger partial charge in [0.15, 0.2) is 5.16 Å². The average Bonchev–Trinajstić information content (AvgIpc) is 3.08. The second kappa shape index (κ2) is 8.41. The van der Waals surface area contributed by atoms with Gasteiger partial charge in [0.05, 0.1) is 21.2 Å². The molecule has 0 bridgehead atoms. The van der Waals surface area contributed by atoms with Crippen molar-refractivity contribution in [3.63, 3.8) is 0 Å². The topological polar surface area (TPSA) is 64.0 Å². The summed E-state index contributed by atoms with van der Waals surface area (Å²) in [6.45, 7) is 0.259. The number of nitrogens with zero attached hydrogens (tertiary/aromatic N) is 2. The van der Waals surface area contributed by atoms with Gasteiger partial charge in [0.1, 0.15) is 0 Å². The van der Waals surface area contributed by atoms with Crippen molar-refractivity contribution in [3.05, 3.63) is 90.5 Å². The highest BCUT2D eigenvalue weighted by Crippen LogP contribution is 2.35. The van der Waals surface area contributed by atoms with E-state index in [0.717, 1.165) is 21.8 Å². The molecule has 4 aromatic rings. The van der Waals surface area contributed by atoms with Gasteiger partial charge in [-0.2, -0.15) is 0 Å². The molecule has 1 heterocycles.